The van der Waals surface area contributed by atoms with Crippen molar-refractivity contribution in [2.24, 2.45) is 5.73 Å². The lowest BCUT2D eigenvalue weighted by molar-refractivity contribution is 0.151. The number of halogens is 2. The minimum absolute atomic E-state index is 0.0455. The maximum atomic E-state index is 13.9. The van der Waals surface area contributed by atoms with Crippen LogP contribution in [-0.4, -0.2) is 12.2 Å². The van der Waals surface area contributed by atoms with E-state index in [1.54, 1.807) is 6.07 Å². The van der Waals surface area contributed by atoms with E-state index in [9.17, 15) is 8.78 Å². The van der Waals surface area contributed by atoms with Gasteiger partial charge in [-0.2, -0.15) is 0 Å². The predicted molar refractivity (Wildman–Crippen MR) is 51.3 cm³/mol. The average Bonchev–Trinajstić information content (AvgIpc) is 2.19. The summed E-state index contributed by atoms with van der Waals surface area (Å²) in [5.41, 5.74) is 5.91. The van der Waals surface area contributed by atoms with E-state index in [1.165, 1.54) is 12.1 Å². The van der Waals surface area contributed by atoms with E-state index >= 15 is 0 Å². The number of benzene rings is 1. The molecule has 1 nitrogen and oxygen atoms in total. The first-order chi connectivity index (χ1) is 6.63. The molecule has 1 aliphatic rings. The van der Waals surface area contributed by atoms with Gasteiger partial charge in [0, 0.05) is 13.0 Å². The van der Waals surface area contributed by atoms with Gasteiger partial charge in [0.2, 0.25) is 0 Å². The average molecular weight is 197 g/mol. The standard InChI is InChI=1S/C11H13F2N/c12-10-2-1-9-6-11(13,7-14)4-3-8(9)5-10/h1-2,5H,3-4,6-7,14H2. The third kappa shape index (κ3) is 1.64. The highest BCUT2D eigenvalue weighted by Gasteiger charge is 2.32. The Bertz CT molecular complexity index is 351. The third-order valence-electron chi connectivity index (χ3n) is 2.88. The van der Waals surface area contributed by atoms with Gasteiger partial charge in [-0.3, -0.25) is 0 Å². The van der Waals surface area contributed by atoms with Crippen LogP contribution in [0.3, 0.4) is 0 Å². The van der Waals surface area contributed by atoms with E-state index in [1.807, 2.05) is 0 Å². The van der Waals surface area contributed by atoms with Gasteiger partial charge in [-0.1, -0.05) is 6.07 Å². The van der Waals surface area contributed by atoms with Gasteiger partial charge in [-0.05, 0) is 36.1 Å². The summed E-state index contributed by atoms with van der Waals surface area (Å²) in [6, 6.07) is 4.53. The van der Waals surface area contributed by atoms with Crippen LogP contribution in [-0.2, 0) is 12.8 Å². The fraction of sp³-hybridized carbons (Fsp3) is 0.455. The maximum absolute atomic E-state index is 13.9. The van der Waals surface area contributed by atoms with Crippen molar-refractivity contribution in [3.05, 3.63) is 35.1 Å². The molecule has 3 heteroatoms. The molecule has 2 rings (SSSR count). The van der Waals surface area contributed by atoms with Gasteiger partial charge in [0.25, 0.3) is 0 Å². The quantitative estimate of drug-likeness (QED) is 0.732. The normalized spacial score (nSPS) is 25.9. The first-order valence-corrected chi connectivity index (χ1v) is 4.79. The first kappa shape index (κ1) is 9.59. The molecular formula is C11H13F2N. The molecule has 0 saturated carbocycles. The summed E-state index contributed by atoms with van der Waals surface area (Å²) < 4.78 is 26.7. The molecule has 0 saturated heterocycles. The van der Waals surface area contributed by atoms with Crippen LogP contribution in [0.15, 0.2) is 18.2 Å². The van der Waals surface area contributed by atoms with Crippen molar-refractivity contribution >= 4 is 0 Å². The van der Waals surface area contributed by atoms with E-state index in [2.05, 4.69) is 0 Å². The van der Waals surface area contributed by atoms with Crippen LogP contribution in [0.25, 0.3) is 0 Å². The van der Waals surface area contributed by atoms with Crippen LogP contribution >= 0.6 is 0 Å². The second-order valence-corrected chi connectivity index (χ2v) is 3.94. The summed E-state index contributed by atoms with van der Waals surface area (Å²) in [5.74, 6) is -0.247. The molecule has 0 radical (unpaired) electrons. The van der Waals surface area contributed by atoms with Crippen molar-refractivity contribution < 1.29 is 8.78 Å². The Kier molecular flexibility index (Phi) is 2.27. The summed E-state index contributed by atoms with van der Waals surface area (Å²) in [6.45, 7) is 0.0455. The molecule has 0 spiro atoms. The molecule has 1 aromatic carbocycles. The Labute approximate surface area is 81.9 Å². The lowest BCUT2D eigenvalue weighted by Gasteiger charge is -2.29. The van der Waals surface area contributed by atoms with Crippen molar-refractivity contribution in [2.45, 2.75) is 24.9 Å². The van der Waals surface area contributed by atoms with Crippen molar-refractivity contribution in [1.82, 2.24) is 0 Å². The van der Waals surface area contributed by atoms with Crippen molar-refractivity contribution in [3.63, 3.8) is 0 Å². The molecule has 14 heavy (non-hydrogen) atoms. The molecule has 0 aromatic heterocycles. The van der Waals surface area contributed by atoms with Gasteiger partial charge in [-0.25, -0.2) is 8.78 Å². The monoisotopic (exact) mass is 197 g/mol. The molecule has 76 valence electrons. The zero-order valence-electron chi connectivity index (χ0n) is 7.89. The number of hydrogen-bond acceptors (Lipinski definition) is 1. The highest BCUT2D eigenvalue weighted by molar-refractivity contribution is 5.32. The molecule has 1 aliphatic carbocycles. The van der Waals surface area contributed by atoms with E-state index in [0.717, 1.165) is 11.1 Å². The second kappa shape index (κ2) is 3.31. The molecular weight excluding hydrogens is 184 g/mol. The van der Waals surface area contributed by atoms with Gasteiger partial charge >= 0.3 is 0 Å². The van der Waals surface area contributed by atoms with Crippen molar-refractivity contribution in [1.29, 1.82) is 0 Å². The minimum atomic E-state index is -1.29. The smallest absolute Gasteiger partial charge is 0.127 e. The Morgan fingerprint density at radius 2 is 2.14 bits per heavy atom. The fourth-order valence-corrected chi connectivity index (χ4v) is 1.96. The summed E-state index contributed by atoms with van der Waals surface area (Å²) in [6.07, 6.45) is 1.31. The molecule has 1 aromatic rings. The topological polar surface area (TPSA) is 26.0 Å². The summed E-state index contributed by atoms with van der Waals surface area (Å²) >= 11 is 0. The van der Waals surface area contributed by atoms with Gasteiger partial charge < -0.3 is 5.73 Å². The van der Waals surface area contributed by atoms with Crippen LogP contribution in [0.2, 0.25) is 0 Å². The number of alkyl halides is 1. The summed E-state index contributed by atoms with van der Waals surface area (Å²) in [7, 11) is 0. The highest BCUT2D eigenvalue weighted by Crippen LogP contribution is 2.31. The van der Waals surface area contributed by atoms with Gasteiger partial charge in [0.05, 0.1) is 0 Å². The zero-order valence-corrected chi connectivity index (χ0v) is 7.89. The van der Waals surface area contributed by atoms with Crippen molar-refractivity contribution in [2.75, 3.05) is 6.54 Å². The lowest BCUT2D eigenvalue weighted by Crippen LogP contribution is -2.38. The maximum Gasteiger partial charge on any atom is 0.127 e. The number of aryl methyl sites for hydroxylation is 1. The summed E-state index contributed by atoms with van der Waals surface area (Å²) in [5, 5.41) is 0. The lowest BCUT2D eigenvalue weighted by atomic mass is 9.82. The molecule has 1 atom stereocenters. The SMILES string of the molecule is NCC1(F)CCc2cc(F)ccc2C1. The molecule has 0 heterocycles. The van der Waals surface area contributed by atoms with Gasteiger partial charge in [-0.15, -0.1) is 0 Å². The Morgan fingerprint density at radius 3 is 2.86 bits per heavy atom. The molecule has 0 bridgehead atoms. The predicted octanol–water partition coefficient (Wildman–Crippen LogP) is 1.98. The summed E-state index contributed by atoms with van der Waals surface area (Å²) in [4.78, 5) is 0. The van der Waals surface area contributed by atoms with E-state index in [-0.39, 0.29) is 12.4 Å². The third-order valence-corrected chi connectivity index (χ3v) is 2.88. The van der Waals surface area contributed by atoms with Crippen LogP contribution < -0.4 is 5.73 Å². The second-order valence-electron chi connectivity index (χ2n) is 3.94. The van der Waals surface area contributed by atoms with Crippen LogP contribution in [0.1, 0.15) is 17.5 Å². The molecule has 0 aliphatic heterocycles. The number of rotatable bonds is 1. The molecule has 0 amide bonds. The minimum Gasteiger partial charge on any atom is -0.328 e. The van der Waals surface area contributed by atoms with Gasteiger partial charge in [0.15, 0.2) is 0 Å². The fourth-order valence-electron chi connectivity index (χ4n) is 1.96. The molecule has 0 fully saturated rings. The number of hydrogen-bond donors (Lipinski definition) is 1. The van der Waals surface area contributed by atoms with Crippen molar-refractivity contribution in [3.8, 4) is 0 Å². The van der Waals surface area contributed by atoms with Crippen LogP contribution in [0.5, 0.6) is 0 Å². The van der Waals surface area contributed by atoms with E-state index < -0.39 is 5.67 Å². The number of fused-ring (bicyclic) bond motifs is 1. The molecule has 2 N–H and O–H groups in total. The molecule has 1 unspecified atom stereocenters. The Balaban J connectivity index is 2.31. The number of nitrogens with two attached hydrogens (primary N) is 1. The van der Waals surface area contributed by atoms with E-state index in [4.69, 9.17) is 5.73 Å². The Hall–Kier alpha value is -0.960. The largest absolute Gasteiger partial charge is 0.328 e. The van der Waals surface area contributed by atoms with Crippen LogP contribution in [0, 0.1) is 5.82 Å². The Morgan fingerprint density at radius 1 is 1.36 bits per heavy atom. The zero-order chi connectivity index (χ0) is 10.2. The van der Waals surface area contributed by atoms with E-state index in [0.29, 0.717) is 19.3 Å². The highest BCUT2D eigenvalue weighted by atomic mass is 19.1. The van der Waals surface area contributed by atoms with Crippen LogP contribution in [0.4, 0.5) is 8.78 Å². The first-order valence-electron chi connectivity index (χ1n) is 4.79. The van der Waals surface area contributed by atoms with Gasteiger partial charge in [0.1, 0.15) is 11.5 Å².